The van der Waals surface area contributed by atoms with E-state index in [2.05, 4.69) is 15.5 Å². The second kappa shape index (κ2) is 5.79. The summed E-state index contributed by atoms with van der Waals surface area (Å²) >= 11 is 0. The standard InChI is InChI=1S/C13H17N5O2/c1-13(9-14,12(19)20-2)8-11-15-16-17-18(11)10-6-4-3-5-7-10/h3-7H,8-9,14H2,1-2H3. The van der Waals surface area contributed by atoms with E-state index in [4.69, 9.17) is 10.5 Å². The van der Waals surface area contributed by atoms with E-state index < -0.39 is 5.41 Å². The van der Waals surface area contributed by atoms with Gasteiger partial charge in [0.25, 0.3) is 0 Å². The molecule has 2 N–H and O–H groups in total. The van der Waals surface area contributed by atoms with Crippen molar-refractivity contribution in [2.75, 3.05) is 13.7 Å². The highest BCUT2D eigenvalue weighted by atomic mass is 16.5. The van der Waals surface area contributed by atoms with Crippen molar-refractivity contribution in [1.82, 2.24) is 20.2 Å². The molecular weight excluding hydrogens is 258 g/mol. The van der Waals surface area contributed by atoms with E-state index in [0.717, 1.165) is 5.69 Å². The third-order valence-electron chi connectivity index (χ3n) is 3.21. The number of hydrogen-bond acceptors (Lipinski definition) is 6. The third-order valence-corrected chi connectivity index (χ3v) is 3.21. The molecule has 7 nitrogen and oxygen atoms in total. The number of para-hydroxylation sites is 1. The van der Waals surface area contributed by atoms with E-state index in [1.54, 1.807) is 11.6 Å². The lowest BCUT2D eigenvalue weighted by molar-refractivity contribution is -0.151. The zero-order valence-electron chi connectivity index (χ0n) is 11.5. The predicted octanol–water partition coefficient (Wildman–Crippen LogP) is 0.343. The highest BCUT2D eigenvalue weighted by molar-refractivity contribution is 5.76. The number of ether oxygens (including phenoxy) is 1. The molecule has 0 aliphatic carbocycles. The number of carbonyl (C=O) groups is 1. The maximum atomic E-state index is 11.9. The van der Waals surface area contributed by atoms with Crippen molar-refractivity contribution < 1.29 is 9.53 Å². The fourth-order valence-electron chi connectivity index (χ4n) is 1.91. The number of carbonyl (C=O) groups excluding carboxylic acids is 1. The quantitative estimate of drug-likeness (QED) is 0.791. The molecule has 0 radical (unpaired) electrons. The second-order valence-electron chi connectivity index (χ2n) is 4.78. The van der Waals surface area contributed by atoms with Gasteiger partial charge in [0.1, 0.15) is 0 Å². The lowest BCUT2D eigenvalue weighted by atomic mass is 9.86. The molecule has 1 aromatic carbocycles. The van der Waals surface area contributed by atoms with Crippen LogP contribution in [0.1, 0.15) is 12.7 Å². The Morgan fingerprint density at radius 3 is 2.70 bits per heavy atom. The molecule has 0 saturated heterocycles. The van der Waals surface area contributed by atoms with Crippen LogP contribution in [-0.4, -0.2) is 39.8 Å². The van der Waals surface area contributed by atoms with Crippen LogP contribution in [0.25, 0.3) is 5.69 Å². The van der Waals surface area contributed by atoms with E-state index in [0.29, 0.717) is 12.2 Å². The Bertz CT molecular complexity index is 583. The van der Waals surface area contributed by atoms with E-state index in [-0.39, 0.29) is 12.5 Å². The lowest BCUT2D eigenvalue weighted by Gasteiger charge is -2.23. The number of methoxy groups -OCH3 is 1. The molecule has 0 spiro atoms. The summed E-state index contributed by atoms with van der Waals surface area (Å²) in [5.41, 5.74) is 5.69. The van der Waals surface area contributed by atoms with E-state index >= 15 is 0 Å². The summed E-state index contributed by atoms with van der Waals surface area (Å²) in [6.07, 6.45) is 0.304. The molecular formula is C13H17N5O2. The Kier molecular flexibility index (Phi) is 4.09. The lowest BCUT2D eigenvalue weighted by Crippen LogP contribution is -2.39. The van der Waals surface area contributed by atoms with Crippen LogP contribution >= 0.6 is 0 Å². The van der Waals surface area contributed by atoms with Crippen molar-refractivity contribution >= 4 is 5.97 Å². The number of hydrogen-bond donors (Lipinski definition) is 1. The van der Waals surface area contributed by atoms with Gasteiger partial charge in [-0.1, -0.05) is 18.2 Å². The van der Waals surface area contributed by atoms with Crippen LogP contribution in [0.15, 0.2) is 30.3 Å². The van der Waals surface area contributed by atoms with Gasteiger partial charge in [0.15, 0.2) is 5.82 Å². The summed E-state index contributed by atoms with van der Waals surface area (Å²) in [4.78, 5) is 11.9. The number of aromatic nitrogens is 4. The zero-order chi connectivity index (χ0) is 14.6. The molecule has 0 amide bonds. The summed E-state index contributed by atoms with van der Waals surface area (Å²) in [7, 11) is 1.34. The monoisotopic (exact) mass is 275 g/mol. The smallest absolute Gasteiger partial charge is 0.313 e. The number of benzene rings is 1. The van der Waals surface area contributed by atoms with Crippen molar-refractivity contribution in [1.29, 1.82) is 0 Å². The Hall–Kier alpha value is -2.28. The SMILES string of the molecule is COC(=O)C(C)(CN)Cc1nnnn1-c1ccccc1. The molecule has 1 heterocycles. The van der Waals surface area contributed by atoms with Crippen molar-refractivity contribution in [3.8, 4) is 5.69 Å². The van der Waals surface area contributed by atoms with Gasteiger partial charge >= 0.3 is 5.97 Å². The van der Waals surface area contributed by atoms with Crippen LogP contribution in [0.2, 0.25) is 0 Å². The first kappa shape index (κ1) is 14.1. The van der Waals surface area contributed by atoms with Gasteiger partial charge in [-0.3, -0.25) is 4.79 Å². The van der Waals surface area contributed by atoms with Crippen LogP contribution in [0.4, 0.5) is 0 Å². The van der Waals surface area contributed by atoms with Gasteiger partial charge < -0.3 is 10.5 Å². The van der Waals surface area contributed by atoms with Gasteiger partial charge in [-0.2, -0.15) is 4.68 Å². The second-order valence-corrected chi connectivity index (χ2v) is 4.78. The normalized spacial score (nSPS) is 13.8. The van der Waals surface area contributed by atoms with E-state index in [1.807, 2.05) is 30.3 Å². The maximum absolute atomic E-state index is 11.9. The Labute approximate surface area is 116 Å². The number of rotatable bonds is 5. The topological polar surface area (TPSA) is 95.9 Å². The highest BCUT2D eigenvalue weighted by Gasteiger charge is 2.35. The number of esters is 1. The molecule has 106 valence electrons. The molecule has 0 fully saturated rings. The Morgan fingerprint density at radius 1 is 1.40 bits per heavy atom. The maximum Gasteiger partial charge on any atom is 0.313 e. The molecule has 0 bridgehead atoms. The van der Waals surface area contributed by atoms with Gasteiger partial charge in [-0.05, 0) is 29.5 Å². The number of tetrazole rings is 1. The largest absolute Gasteiger partial charge is 0.469 e. The van der Waals surface area contributed by atoms with Crippen LogP contribution < -0.4 is 5.73 Å². The van der Waals surface area contributed by atoms with Gasteiger partial charge in [0, 0.05) is 13.0 Å². The van der Waals surface area contributed by atoms with Gasteiger partial charge in [0.05, 0.1) is 18.2 Å². The first-order valence-corrected chi connectivity index (χ1v) is 6.22. The molecule has 0 saturated carbocycles. The summed E-state index contributed by atoms with van der Waals surface area (Å²) in [6.45, 7) is 1.89. The molecule has 0 aliphatic rings. The van der Waals surface area contributed by atoms with Crippen molar-refractivity contribution in [3.63, 3.8) is 0 Å². The average molecular weight is 275 g/mol. The van der Waals surface area contributed by atoms with Crippen molar-refractivity contribution in [2.45, 2.75) is 13.3 Å². The first-order chi connectivity index (χ1) is 9.60. The summed E-state index contributed by atoms with van der Waals surface area (Å²) < 4.78 is 6.40. The molecule has 2 rings (SSSR count). The van der Waals surface area contributed by atoms with Crippen LogP contribution in [0, 0.1) is 5.41 Å². The van der Waals surface area contributed by atoms with Crippen molar-refractivity contribution in [2.24, 2.45) is 11.1 Å². The number of nitrogens with two attached hydrogens (primary N) is 1. The molecule has 2 aromatic rings. The van der Waals surface area contributed by atoms with Crippen LogP contribution in [-0.2, 0) is 16.0 Å². The average Bonchev–Trinajstić information content (AvgIpc) is 2.95. The molecule has 1 unspecified atom stereocenters. The van der Waals surface area contributed by atoms with E-state index in [1.165, 1.54) is 7.11 Å². The minimum atomic E-state index is -0.851. The minimum Gasteiger partial charge on any atom is -0.469 e. The van der Waals surface area contributed by atoms with Crippen LogP contribution in [0.5, 0.6) is 0 Å². The molecule has 1 aromatic heterocycles. The highest BCUT2D eigenvalue weighted by Crippen LogP contribution is 2.22. The summed E-state index contributed by atoms with van der Waals surface area (Å²) in [5, 5.41) is 11.6. The molecule has 1 atom stereocenters. The molecule has 0 aliphatic heterocycles. The summed E-state index contributed by atoms with van der Waals surface area (Å²) in [5.74, 6) is 0.192. The van der Waals surface area contributed by atoms with Crippen molar-refractivity contribution in [3.05, 3.63) is 36.2 Å². The molecule has 20 heavy (non-hydrogen) atoms. The zero-order valence-corrected chi connectivity index (χ0v) is 11.5. The Balaban J connectivity index is 2.32. The van der Waals surface area contributed by atoms with E-state index in [9.17, 15) is 4.79 Å². The third kappa shape index (κ3) is 2.67. The summed E-state index contributed by atoms with van der Waals surface area (Å²) in [6, 6.07) is 9.47. The fourth-order valence-corrected chi connectivity index (χ4v) is 1.91. The van der Waals surface area contributed by atoms with Gasteiger partial charge in [-0.25, -0.2) is 0 Å². The fraction of sp³-hybridized carbons (Fsp3) is 0.385. The predicted molar refractivity (Wildman–Crippen MR) is 72.0 cm³/mol. The Morgan fingerprint density at radius 2 is 2.10 bits per heavy atom. The van der Waals surface area contributed by atoms with Crippen LogP contribution in [0.3, 0.4) is 0 Å². The molecule has 7 heteroatoms. The van der Waals surface area contributed by atoms with Gasteiger partial charge in [0.2, 0.25) is 0 Å². The first-order valence-electron chi connectivity index (χ1n) is 6.22. The number of nitrogens with zero attached hydrogens (tertiary/aromatic N) is 4. The van der Waals surface area contributed by atoms with Gasteiger partial charge in [-0.15, -0.1) is 5.10 Å². The minimum absolute atomic E-state index is 0.154.